The van der Waals surface area contributed by atoms with Crippen molar-refractivity contribution in [2.24, 2.45) is 0 Å². The number of aryl methyl sites for hydroxylation is 1. The molecule has 8 heteroatoms. The van der Waals surface area contributed by atoms with Gasteiger partial charge in [0.1, 0.15) is 11.6 Å². The smallest absolute Gasteiger partial charge is 0.364 e. The minimum Gasteiger partial charge on any atom is -0.422 e. The lowest BCUT2D eigenvalue weighted by molar-refractivity contribution is 0.0731. The second-order valence-corrected chi connectivity index (χ2v) is 6.83. The first kappa shape index (κ1) is 18.0. The Morgan fingerprint density at radius 1 is 1.14 bits per heavy atom. The molecule has 140 valence electrons. The van der Waals surface area contributed by atoms with Crippen molar-refractivity contribution in [1.29, 1.82) is 0 Å². The molecule has 7 nitrogen and oxygen atoms in total. The van der Waals surface area contributed by atoms with Gasteiger partial charge < -0.3 is 9.72 Å². The molecule has 0 fully saturated rings. The number of rotatable bonds is 4. The van der Waals surface area contributed by atoms with Crippen molar-refractivity contribution >= 4 is 23.2 Å². The van der Waals surface area contributed by atoms with Crippen LogP contribution in [0.2, 0.25) is 0 Å². The van der Waals surface area contributed by atoms with Gasteiger partial charge in [-0.1, -0.05) is 30.0 Å². The van der Waals surface area contributed by atoms with E-state index < -0.39 is 5.97 Å². The van der Waals surface area contributed by atoms with Crippen LogP contribution in [0.5, 0.6) is 5.75 Å². The summed E-state index contributed by atoms with van der Waals surface area (Å²) in [6.45, 7) is 1.75. The van der Waals surface area contributed by atoms with E-state index in [1.807, 2.05) is 35.1 Å². The molecule has 0 aliphatic rings. The third-order valence-electron chi connectivity index (χ3n) is 4.08. The summed E-state index contributed by atoms with van der Waals surface area (Å²) >= 11 is 1.45. The standard InChI is InChI=1S/C20H16N4O3S/c1-12-10-16(25)22-18(21-12)13-6-5-7-14(11-13)27-19(26)17-15-8-3-4-9-24(15)20(23-17)28-2/h3-11H,1-2H3,(H,21,22,25). The van der Waals surface area contributed by atoms with E-state index in [4.69, 9.17) is 4.74 Å². The number of fused-ring (bicyclic) bond motifs is 1. The lowest BCUT2D eigenvalue weighted by Crippen LogP contribution is -2.10. The molecular weight excluding hydrogens is 376 g/mol. The number of pyridine rings is 1. The predicted octanol–water partition coefficient (Wildman–Crippen LogP) is 3.33. The zero-order valence-corrected chi connectivity index (χ0v) is 16.0. The molecule has 0 bridgehead atoms. The van der Waals surface area contributed by atoms with Gasteiger partial charge in [-0.3, -0.25) is 9.20 Å². The van der Waals surface area contributed by atoms with Crippen LogP contribution in [-0.2, 0) is 0 Å². The fourth-order valence-corrected chi connectivity index (χ4v) is 3.42. The number of aromatic nitrogens is 4. The van der Waals surface area contributed by atoms with E-state index >= 15 is 0 Å². The molecule has 1 N–H and O–H groups in total. The highest BCUT2D eigenvalue weighted by atomic mass is 32.2. The van der Waals surface area contributed by atoms with Gasteiger partial charge in [0.25, 0.3) is 5.56 Å². The fourth-order valence-electron chi connectivity index (χ4n) is 2.88. The summed E-state index contributed by atoms with van der Waals surface area (Å²) < 4.78 is 7.39. The summed E-state index contributed by atoms with van der Waals surface area (Å²) in [5.74, 6) is 0.210. The Morgan fingerprint density at radius 3 is 2.79 bits per heavy atom. The lowest BCUT2D eigenvalue weighted by Gasteiger charge is -2.06. The van der Waals surface area contributed by atoms with Crippen molar-refractivity contribution in [2.75, 3.05) is 6.26 Å². The second kappa shape index (κ2) is 7.32. The van der Waals surface area contributed by atoms with Crippen molar-refractivity contribution in [1.82, 2.24) is 19.4 Å². The van der Waals surface area contributed by atoms with E-state index in [1.165, 1.54) is 17.8 Å². The third-order valence-corrected chi connectivity index (χ3v) is 4.73. The number of carbonyl (C=O) groups is 1. The molecule has 0 spiro atoms. The van der Waals surface area contributed by atoms with Crippen LogP contribution in [0.15, 0.2) is 64.7 Å². The number of hydrogen-bond donors (Lipinski definition) is 1. The molecule has 0 saturated carbocycles. The molecule has 3 heterocycles. The van der Waals surface area contributed by atoms with Gasteiger partial charge >= 0.3 is 5.97 Å². The summed E-state index contributed by atoms with van der Waals surface area (Å²) in [5.41, 5.74) is 1.94. The fraction of sp³-hybridized carbons (Fsp3) is 0.100. The maximum absolute atomic E-state index is 12.7. The summed E-state index contributed by atoms with van der Waals surface area (Å²) in [5, 5.41) is 0.706. The molecule has 0 aliphatic heterocycles. The first-order valence-electron chi connectivity index (χ1n) is 8.47. The van der Waals surface area contributed by atoms with Gasteiger partial charge in [-0.25, -0.2) is 14.8 Å². The number of imidazole rings is 1. The molecule has 0 unspecified atom stereocenters. The Morgan fingerprint density at radius 2 is 2.00 bits per heavy atom. The number of ether oxygens (including phenoxy) is 1. The molecule has 1 aromatic carbocycles. The van der Waals surface area contributed by atoms with Crippen LogP contribution in [0, 0.1) is 6.92 Å². The molecule has 0 aliphatic carbocycles. The highest BCUT2D eigenvalue weighted by molar-refractivity contribution is 7.98. The summed E-state index contributed by atoms with van der Waals surface area (Å²) in [6, 6.07) is 13.8. The maximum atomic E-state index is 12.7. The number of benzene rings is 1. The number of nitrogens with zero attached hydrogens (tertiary/aromatic N) is 3. The minimum atomic E-state index is -0.549. The number of aromatic amines is 1. The van der Waals surface area contributed by atoms with Crippen molar-refractivity contribution < 1.29 is 9.53 Å². The monoisotopic (exact) mass is 392 g/mol. The van der Waals surface area contributed by atoms with Gasteiger partial charge in [-0.15, -0.1) is 0 Å². The first-order valence-corrected chi connectivity index (χ1v) is 9.69. The average molecular weight is 392 g/mol. The van der Waals surface area contributed by atoms with Gasteiger partial charge in [-0.2, -0.15) is 0 Å². The lowest BCUT2D eigenvalue weighted by atomic mass is 10.2. The number of hydrogen-bond acceptors (Lipinski definition) is 6. The maximum Gasteiger partial charge on any atom is 0.364 e. The zero-order chi connectivity index (χ0) is 19.7. The van der Waals surface area contributed by atoms with Crippen LogP contribution in [0.4, 0.5) is 0 Å². The van der Waals surface area contributed by atoms with Crippen LogP contribution >= 0.6 is 11.8 Å². The highest BCUT2D eigenvalue weighted by Gasteiger charge is 2.19. The van der Waals surface area contributed by atoms with Crippen LogP contribution < -0.4 is 10.3 Å². The van der Waals surface area contributed by atoms with Gasteiger partial charge in [-0.05, 0) is 37.4 Å². The van der Waals surface area contributed by atoms with Gasteiger partial charge in [0.2, 0.25) is 0 Å². The molecule has 0 amide bonds. The van der Waals surface area contributed by atoms with Gasteiger partial charge in [0.05, 0.1) is 5.52 Å². The van der Waals surface area contributed by atoms with Gasteiger partial charge in [0.15, 0.2) is 10.9 Å². The van der Waals surface area contributed by atoms with Gasteiger partial charge in [0, 0.05) is 23.5 Å². The quantitative estimate of drug-likeness (QED) is 0.326. The zero-order valence-electron chi connectivity index (χ0n) is 15.2. The van der Waals surface area contributed by atoms with Crippen molar-refractivity contribution in [3.63, 3.8) is 0 Å². The van der Waals surface area contributed by atoms with Crippen LogP contribution in [-0.4, -0.2) is 31.6 Å². The summed E-state index contributed by atoms with van der Waals surface area (Å²) in [6.07, 6.45) is 3.75. The number of thioether (sulfide) groups is 1. The largest absolute Gasteiger partial charge is 0.422 e. The number of nitrogens with one attached hydrogen (secondary N) is 1. The van der Waals surface area contributed by atoms with E-state index in [2.05, 4.69) is 15.0 Å². The van der Waals surface area contributed by atoms with Crippen LogP contribution in [0.3, 0.4) is 0 Å². The van der Waals surface area contributed by atoms with Crippen LogP contribution in [0.25, 0.3) is 16.9 Å². The topological polar surface area (TPSA) is 89.3 Å². The number of carbonyl (C=O) groups excluding carboxylic acids is 1. The summed E-state index contributed by atoms with van der Waals surface area (Å²) in [4.78, 5) is 35.8. The first-order chi connectivity index (χ1) is 13.5. The molecule has 4 rings (SSSR count). The Balaban J connectivity index is 1.67. The Bertz CT molecular complexity index is 1250. The predicted molar refractivity (Wildman–Crippen MR) is 107 cm³/mol. The van der Waals surface area contributed by atoms with E-state index in [0.717, 1.165) is 0 Å². The molecule has 0 atom stereocenters. The molecule has 28 heavy (non-hydrogen) atoms. The Labute approximate surface area is 164 Å². The Hall–Kier alpha value is -3.39. The minimum absolute atomic E-state index is 0.237. The Kier molecular flexibility index (Phi) is 4.70. The molecule has 3 aromatic heterocycles. The molecular formula is C20H16N4O3S. The van der Waals surface area contributed by atoms with E-state index in [1.54, 1.807) is 31.2 Å². The normalized spacial score (nSPS) is 10.9. The highest BCUT2D eigenvalue weighted by Crippen LogP contribution is 2.24. The molecule has 4 aromatic rings. The van der Waals surface area contributed by atoms with Crippen molar-refractivity contribution in [3.05, 3.63) is 76.5 Å². The van der Waals surface area contributed by atoms with Crippen LogP contribution in [0.1, 0.15) is 16.2 Å². The van der Waals surface area contributed by atoms with Crippen molar-refractivity contribution in [3.8, 4) is 17.1 Å². The van der Waals surface area contributed by atoms with Crippen molar-refractivity contribution in [2.45, 2.75) is 12.1 Å². The van der Waals surface area contributed by atoms with E-state index in [-0.39, 0.29) is 11.3 Å². The molecule has 0 saturated heterocycles. The van der Waals surface area contributed by atoms with E-state index in [9.17, 15) is 9.59 Å². The second-order valence-electron chi connectivity index (χ2n) is 6.06. The summed E-state index contributed by atoms with van der Waals surface area (Å²) in [7, 11) is 0. The average Bonchev–Trinajstić information content (AvgIpc) is 3.06. The molecule has 0 radical (unpaired) electrons. The number of H-pyrrole nitrogens is 1. The SMILES string of the molecule is CSc1nc(C(=O)Oc2cccc(-c3nc(C)cc(=O)[nH]3)c2)c2ccccn12. The number of esters is 1. The van der Waals surface area contributed by atoms with E-state index in [0.29, 0.717) is 33.5 Å². The third kappa shape index (κ3) is 3.41.